The Morgan fingerprint density at radius 2 is 1.72 bits per heavy atom. The Bertz CT molecular complexity index is 348. The zero-order valence-electron chi connectivity index (χ0n) is 10.9. The lowest BCUT2D eigenvalue weighted by Gasteiger charge is -2.14. The van der Waals surface area contributed by atoms with E-state index < -0.39 is 0 Å². The number of benzene rings is 1. The lowest BCUT2D eigenvalue weighted by Crippen LogP contribution is -2.06. The van der Waals surface area contributed by atoms with Crippen molar-refractivity contribution in [3.05, 3.63) is 29.8 Å². The first-order chi connectivity index (χ1) is 8.88. The van der Waals surface area contributed by atoms with E-state index in [9.17, 15) is 4.79 Å². The van der Waals surface area contributed by atoms with Gasteiger partial charge in [-0.15, -0.1) is 0 Å². The van der Waals surface area contributed by atoms with Crippen LogP contribution in [0.15, 0.2) is 24.3 Å². The summed E-state index contributed by atoms with van der Waals surface area (Å²) in [6, 6.07) is 7.34. The highest BCUT2D eigenvalue weighted by Crippen LogP contribution is 2.25. The molecule has 1 aliphatic carbocycles. The molecule has 0 saturated heterocycles. The second-order valence-corrected chi connectivity index (χ2v) is 5.18. The van der Waals surface area contributed by atoms with Crippen LogP contribution in [0.4, 0.5) is 0 Å². The van der Waals surface area contributed by atoms with Gasteiger partial charge in [-0.1, -0.05) is 38.5 Å². The first kappa shape index (κ1) is 13.1. The number of carbonyl (C=O) groups excluding carboxylic acids is 1. The van der Waals surface area contributed by atoms with Gasteiger partial charge < -0.3 is 4.74 Å². The highest BCUT2D eigenvalue weighted by Gasteiger charge is 2.11. The number of ether oxygens (including phenoxy) is 1. The van der Waals surface area contributed by atoms with E-state index in [1.165, 1.54) is 38.5 Å². The van der Waals surface area contributed by atoms with Crippen LogP contribution < -0.4 is 4.74 Å². The summed E-state index contributed by atoms with van der Waals surface area (Å²) in [7, 11) is 0. The second kappa shape index (κ2) is 7.20. The average molecular weight is 246 g/mol. The van der Waals surface area contributed by atoms with E-state index in [0.29, 0.717) is 5.56 Å². The number of rotatable bonds is 5. The van der Waals surface area contributed by atoms with Gasteiger partial charge in [0.25, 0.3) is 0 Å². The molecule has 0 aliphatic heterocycles. The Hall–Kier alpha value is -1.31. The van der Waals surface area contributed by atoms with E-state index in [-0.39, 0.29) is 0 Å². The summed E-state index contributed by atoms with van der Waals surface area (Å²) < 4.78 is 5.73. The fourth-order valence-corrected chi connectivity index (χ4v) is 2.64. The monoisotopic (exact) mass is 246 g/mol. The summed E-state index contributed by atoms with van der Waals surface area (Å²) in [5, 5.41) is 0. The largest absolute Gasteiger partial charge is 0.494 e. The number of aldehydes is 1. The van der Waals surface area contributed by atoms with Crippen molar-refractivity contribution < 1.29 is 9.53 Å². The van der Waals surface area contributed by atoms with Crippen LogP contribution >= 0.6 is 0 Å². The van der Waals surface area contributed by atoms with Crippen molar-refractivity contribution in [1.29, 1.82) is 0 Å². The first-order valence-electron chi connectivity index (χ1n) is 7.06. The van der Waals surface area contributed by atoms with Crippen LogP contribution in [0.1, 0.15) is 55.3 Å². The second-order valence-electron chi connectivity index (χ2n) is 5.18. The molecule has 18 heavy (non-hydrogen) atoms. The normalized spacial score (nSPS) is 17.1. The lowest BCUT2D eigenvalue weighted by molar-refractivity contribution is 0.112. The fourth-order valence-electron chi connectivity index (χ4n) is 2.64. The van der Waals surface area contributed by atoms with Gasteiger partial charge in [-0.25, -0.2) is 0 Å². The molecular formula is C16H22O2. The van der Waals surface area contributed by atoms with Gasteiger partial charge in [0.05, 0.1) is 6.61 Å². The van der Waals surface area contributed by atoms with Crippen molar-refractivity contribution in [2.45, 2.75) is 44.9 Å². The van der Waals surface area contributed by atoms with Gasteiger partial charge in [-0.05, 0) is 36.6 Å². The maximum Gasteiger partial charge on any atom is 0.150 e. The molecule has 0 N–H and O–H groups in total. The first-order valence-corrected chi connectivity index (χ1v) is 7.06. The molecule has 0 amide bonds. The van der Waals surface area contributed by atoms with Crippen molar-refractivity contribution in [1.82, 2.24) is 0 Å². The van der Waals surface area contributed by atoms with Gasteiger partial charge in [-0.2, -0.15) is 0 Å². The summed E-state index contributed by atoms with van der Waals surface area (Å²) in [4.78, 5) is 10.5. The summed E-state index contributed by atoms with van der Waals surface area (Å²) in [5.74, 6) is 1.72. The van der Waals surface area contributed by atoms with Gasteiger partial charge in [0, 0.05) is 5.56 Å². The summed E-state index contributed by atoms with van der Waals surface area (Å²) in [6.07, 6.45) is 10.3. The fraction of sp³-hybridized carbons (Fsp3) is 0.562. The standard InChI is InChI=1S/C16H22O2/c17-13-15-7-9-16(10-8-15)18-12-11-14-5-3-1-2-4-6-14/h7-10,13-14H,1-6,11-12H2. The third kappa shape index (κ3) is 4.17. The zero-order valence-corrected chi connectivity index (χ0v) is 10.9. The topological polar surface area (TPSA) is 26.3 Å². The van der Waals surface area contributed by atoms with Gasteiger partial charge in [0.15, 0.2) is 0 Å². The van der Waals surface area contributed by atoms with Crippen LogP contribution in [0.5, 0.6) is 5.75 Å². The lowest BCUT2D eigenvalue weighted by atomic mass is 9.97. The van der Waals surface area contributed by atoms with Gasteiger partial charge in [0.1, 0.15) is 12.0 Å². The SMILES string of the molecule is O=Cc1ccc(OCCC2CCCCCC2)cc1. The molecule has 0 unspecified atom stereocenters. The molecule has 2 nitrogen and oxygen atoms in total. The Balaban J connectivity index is 1.71. The molecule has 1 fully saturated rings. The number of carbonyl (C=O) groups is 1. The summed E-state index contributed by atoms with van der Waals surface area (Å²) in [6.45, 7) is 0.797. The molecule has 0 radical (unpaired) electrons. The molecule has 0 heterocycles. The van der Waals surface area contributed by atoms with Crippen LogP contribution in [0.25, 0.3) is 0 Å². The van der Waals surface area contributed by atoms with Gasteiger partial charge in [-0.3, -0.25) is 4.79 Å². The highest BCUT2D eigenvalue weighted by atomic mass is 16.5. The van der Waals surface area contributed by atoms with Crippen LogP contribution in [0.2, 0.25) is 0 Å². The van der Waals surface area contributed by atoms with E-state index in [4.69, 9.17) is 4.74 Å². The van der Waals surface area contributed by atoms with Crippen molar-refractivity contribution in [3.63, 3.8) is 0 Å². The number of hydrogen-bond acceptors (Lipinski definition) is 2. The molecule has 1 saturated carbocycles. The third-order valence-corrected chi connectivity index (χ3v) is 3.79. The maximum atomic E-state index is 10.5. The smallest absolute Gasteiger partial charge is 0.150 e. The van der Waals surface area contributed by atoms with E-state index in [1.54, 1.807) is 12.1 Å². The minimum atomic E-state index is 0.700. The van der Waals surface area contributed by atoms with E-state index >= 15 is 0 Å². The van der Waals surface area contributed by atoms with Crippen molar-refractivity contribution in [2.75, 3.05) is 6.61 Å². The quantitative estimate of drug-likeness (QED) is 0.574. The molecule has 0 bridgehead atoms. The Morgan fingerprint density at radius 3 is 2.33 bits per heavy atom. The Kier molecular flexibility index (Phi) is 5.25. The Labute approximate surface area is 109 Å². The van der Waals surface area contributed by atoms with E-state index in [0.717, 1.165) is 31.0 Å². The molecule has 0 spiro atoms. The van der Waals surface area contributed by atoms with Crippen LogP contribution in [0, 0.1) is 5.92 Å². The van der Waals surface area contributed by atoms with Crippen molar-refractivity contribution in [3.8, 4) is 5.75 Å². The zero-order chi connectivity index (χ0) is 12.6. The predicted octanol–water partition coefficient (Wildman–Crippen LogP) is 4.24. The number of hydrogen-bond donors (Lipinski definition) is 0. The van der Waals surface area contributed by atoms with Crippen molar-refractivity contribution >= 4 is 6.29 Å². The van der Waals surface area contributed by atoms with Gasteiger partial charge >= 0.3 is 0 Å². The van der Waals surface area contributed by atoms with Crippen molar-refractivity contribution in [2.24, 2.45) is 5.92 Å². The molecule has 1 aromatic carbocycles. The molecule has 2 rings (SSSR count). The molecule has 1 aliphatic rings. The molecule has 0 aromatic heterocycles. The third-order valence-electron chi connectivity index (χ3n) is 3.79. The van der Waals surface area contributed by atoms with E-state index in [1.807, 2.05) is 12.1 Å². The molecule has 0 atom stereocenters. The van der Waals surface area contributed by atoms with Gasteiger partial charge in [0.2, 0.25) is 0 Å². The maximum absolute atomic E-state index is 10.5. The summed E-state index contributed by atoms with van der Waals surface area (Å²) >= 11 is 0. The van der Waals surface area contributed by atoms with Crippen LogP contribution in [-0.2, 0) is 0 Å². The molecule has 1 aromatic rings. The minimum Gasteiger partial charge on any atom is -0.494 e. The van der Waals surface area contributed by atoms with Crippen LogP contribution in [-0.4, -0.2) is 12.9 Å². The van der Waals surface area contributed by atoms with Crippen LogP contribution in [0.3, 0.4) is 0 Å². The van der Waals surface area contributed by atoms with E-state index in [2.05, 4.69) is 0 Å². The molecule has 2 heteroatoms. The summed E-state index contributed by atoms with van der Waals surface area (Å²) in [5.41, 5.74) is 0.700. The highest BCUT2D eigenvalue weighted by molar-refractivity contribution is 5.74. The average Bonchev–Trinajstić information content (AvgIpc) is 2.68. The Morgan fingerprint density at radius 1 is 1.06 bits per heavy atom. The molecule has 98 valence electrons. The predicted molar refractivity (Wildman–Crippen MR) is 73.1 cm³/mol. The molecular weight excluding hydrogens is 224 g/mol. The minimum absolute atomic E-state index is 0.700.